The molecular formula is C20H36O3. The summed E-state index contributed by atoms with van der Waals surface area (Å²) in [6.07, 6.45) is 19.9. The predicted octanol–water partition coefficient (Wildman–Crippen LogP) is 5.49. The molecule has 1 unspecified atom stereocenters. The van der Waals surface area contributed by atoms with Crippen molar-refractivity contribution in [3.63, 3.8) is 0 Å². The van der Waals surface area contributed by atoms with Gasteiger partial charge in [0.25, 0.3) is 0 Å². The third-order valence-electron chi connectivity index (χ3n) is 4.11. The first-order chi connectivity index (χ1) is 11.1. The second kappa shape index (κ2) is 15.8. The maximum Gasteiger partial charge on any atom is 0.303 e. The summed E-state index contributed by atoms with van der Waals surface area (Å²) in [5.74, 6) is 0.0512. The molecule has 0 amide bonds. The van der Waals surface area contributed by atoms with Crippen molar-refractivity contribution >= 4 is 5.97 Å². The minimum atomic E-state index is -0.709. The predicted molar refractivity (Wildman–Crippen MR) is 97.5 cm³/mol. The third kappa shape index (κ3) is 15.6. The Bertz CT molecular complexity index is 328. The van der Waals surface area contributed by atoms with Crippen molar-refractivity contribution in [2.45, 2.75) is 90.6 Å². The lowest BCUT2D eigenvalue weighted by Crippen LogP contribution is -2.02. The zero-order chi connectivity index (χ0) is 17.3. The Labute approximate surface area is 142 Å². The van der Waals surface area contributed by atoms with E-state index in [1.165, 1.54) is 38.5 Å². The molecule has 2 N–H and O–H groups in total. The van der Waals surface area contributed by atoms with Crippen LogP contribution in [0.4, 0.5) is 0 Å². The maximum absolute atomic E-state index is 9.94. The molecule has 0 aromatic heterocycles. The van der Waals surface area contributed by atoms with Crippen molar-refractivity contribution in [2.75, 3.05) is 0 Å². The first-order valence-corrected chi connectivity index (χ1v) is 9.29. The summed E-state index contributed by atoms with van der Waals surface area (Å²) in [6.45, 7) is 4.13. The van der Waals surface area contributed by atoms with Crippen molar-refractivity contribution in [1.82, 2.24) is 0 Å². The lowest BCUT2D eigenvalue weighted by Gasteiger charge is -2.06. The summed E-state index contributed by atoms with van der Waals surface area (Å²) < 4.78 is 0. The number of allylic oxidation sites excluding steroid dienone is 3. The fourth-order valence-electron chi connectivity index (χ4n) is 2.67. The molecule has 1 saturated carbocycles. The number of hydrogen-bond acceptors (Lipinski definition) is 2. The molecule has 3 heteroatoms. The van der Waals surface area contributed by atoms with Crippen LogP contribution < -0.4 is 0 Å². The van der Waals surface area contributed by atoms with Crippen LogP contribution in [0.5, 0.6) is 0 Å². The lowest BCUT2D eigenvalue weighted by atomic mass is 10.1. The van der Waals surface area contributed by atoms with Crippen molar-refractivity contribution in [1.29, 1.82) is 0 Å². The average molecular weight is 325 g/mol. The van der Waals surface area contributed by atoms with Crippen LogP contribution in [-0.2, 0) is 4.79 Å². The standard InChI is InChI=1S/C13H24O.C7H12O2/c1-2-3-4-9-13(14)11-10-12-7-5-6-8-12;1-2-3-4-5-6-7(8)9/h10-14H,2-9H2,1H3;2-3H,4-6H2,1H3,(H,8,9)/b11-10+;3-2-. The zero-order valence-electron chi connectivity index (χ0n) is 15.0. The van der Waals surface area contributed by atoms with Crippen LogP contribution in [0.15, 0.2) is 24.3 Å². The van der Waals surface area contributed by atoms with Crippen molar-refractivity contribution in [3.8, 4) is 0 Å². The van der Waals surface area contributed by atoms with Gasteiger partial charge >= 0.3 is 5.97 Å². The monoisotopic (exact) mass is 324 g/mol. The molecule has 1 rings (SSSR count). The molecule has 3 nitrogen and oxygen atoms in total. The van der Waals surface area contributed by atoms with E-state index in [4.69, 9.17) is 5.11 Å². The molecule has 1 aliphatic carbocycles. The molecule has 0 aromatic rings. The zero-order valence-corrected chi connectivity index (χ0v) is 15.0. The van der Waals surface area contributed by atoms with Crippen molar-refractivity contribution in [3.05, 3.63) is 24.3 Å². The third-order valence-corrected chi connectivity index (χ3v) is 4.11. The van der Waals surface area contributed by atoms with Crippen LogP contribution in [0.2, 0.25) is 0 Å². The number of aliphatic carboxylic acids is 1. The largest absolute Gasteiger partial charge is 0.481 e. The highest BCUT2D eigenvalue weighted by Crippen LogP contribution is 2.25. The molecule has 134 valence electrons. The first-order valence-electron chi connectivity index (χ1n) is 9.29. The second-order valence-corrected chi connectivity index (χ2v) is 6.35. The van der Waals surface area contributed by atoms with E-state index in [-0.39, 0.29) is 12.5 Å². The Balaban J connectivity index is 0.000000468. The van der Waals surface area contributed by atoms with Crippen molar-refractivity contribution in [2.24, 2.45) is 5.92 Å². The summed E-state index contributed by atoms with van der Waals surface area (Å²) in [4.78, 5) is 9.94. The van der Waals surface area contributed by atoms with Crippen molar-refractivity contribution < 1.29 is 15.0 Å². The van der Waals surface area contributed by atoms with Gasteiger partial charge in [-0.05, 0) is 44.9 Å². The molecule has 0 heterocycles. The fourth-order valence-corrected chi connectivity index (χ4v) is 2.67. The number of carboxylic acids is 1. The Morgan fingerprint density at radius 1 is 1.22 bits per heavy atom. The topological polar surface area (TPSA) is 57.5 Å². The minimum Gasteiger partial charge on any atom is -0.481 e. The highest BCUT2D eigenvalue weighted by molar-refractivity contribution is 5.66. The van der Waals surface area contributed by atoms with Gasteiger partial charge in [-0.3, -0.25) is 4.79 Å². The van der Waals surface area contributed by atoms with Crippen LogP contribution in [0, 0.1) is 5.92 Å². The fraction of sp³-hybridized carbons (Fsp3) is 0.750. The number of aliphatic hydroxyl groups is 1. The van der Waals surface area contributed by atoms with E-state index in [0.29, 0.717) is 0 Å². The summed E-state index contributed by atoms with van der Waals surface area (Å²) in [6, 6.07) is 0. The van der Waals surface area contributed by atoms with Crippen LogP contribution in [-0.4, -0.2) is 22.3 Å². The van der Waals surface area contributed by atoms with Gasteiger partial charge in [-0.25, -0.2) is 0 Å². The Kier molecular flexibility index (Phi) is 15.0. The normalized spacial score (nSPS) is 16.7. The van der Waals surface area contributed by atoms with Gasteiger partial charge in [-0.1, -0.05) is 63.3 Å². The maximum atomic E-state index is 9.94. The Morgan fingerprint density at radius 2 is 1.91 bits per heavy atom. The molecule has 23 heavy (non-hydrogen) atoms. The molecule has 0 radical (unpaired) electrons. The molecular weight excluding hydrogens is 288 g/mol. The van der Waals surface area contributed by atoms with Gasteiger partial charge in [0.1, 0.15) is 0 Å². The first kappa shape index (κ1) is 21.9. The van der Waals surface area contributed by atoms with Gasteiger partial charge in [-0.2, -0.15) is 0 Å². The summed E-state index contributed by atoms with van der Waals surface area (Å²) in [7, 11) is 0. The highest BCUT2D eigenvalue weighted by Gasteiger charge is 2.11. The SMILES string of the molecule is C/C=C\CCCC(=O)O.CCCCCC(O)/C=C/C1CCCC1. The molecule has 0 spiro atoms. The summed E-state index contributed by atoms with van der Waals surface area (Å²) in [5, 5.41) is 17.8. The van der Waals surface area contributed by atoms with E-state index in [1.54, 1.807) is 0 Å². The molecule has 0 saturated heterocycles. The number of aliphatic hydroxyl groups excluding tert-OH is 1. The van der Waals surface area contributed by atoms with Gasteiger partial charge in [0.15, 0.2) is 0 Å². The molecule has 0 aromatic carbocycles. The van der Waals surface area contributed by atoms with Crippen LogP contribution in [0.3, 0.4) is 0 Å². The number of carboxylic acid groups (broad SMARTS) is 1. The quantitative estimate of drug-likeness (QED) is 0.412. The van der Waals surface area contributed by atoms with Gasteiger partial charge in [0.05, 0.1) is 6.10 Å². The van der Waals surface area contributed by atoms with Gasteiger partial charge < -0.3 is 10.2 Å². The number of hydrogen-bond donors (Lipinski definition) is 2. The second-order valence-electron chi connectivity index (χ2n) is 6.35. The molecule has 0 bridgehead atoms. The van der Waals surface area contributed by atoms with E-state index >= 15 is 0 Å². The van der Waals surface area contributed by atoms with Crippen LogP contribution in [0.25, 0.3) is 0 Å². The van der Waals surface area contributed by atoms with Gasteiger partial charge in [0.2, 0.25) is 0 Å². The molecule has 0 aliphatic heterocycles. The number of rotatable bonds is 10. The van der Waals surface area contributed by atoms with Crippen LogP contribution >= 0.6 is 0 Å². The molecule has 1 aliphatic rings. The Morgan fingerprint density at radius 3 is 2.48 bits per heavy atom. The number of unbranched alkanes of at least 4 members (excludes halogenated alkanes) is 3. The number of carbonyl (C=O) groups is 1. The average Bonchev–Trinajstić information content (AvgIpc) is 3.04. The Hall–Kier alpha value is -1.09. The smallest absolute Gasteiger partial charge is 0.303 e. The van der Waals surface area contributed by atoms with E-state index in [0.717, 1.165) is 31.6 Å². The molecule has 1 fully saturated rings. The highest BCUT2D eigenvalue weighted by atomic mass is 16.4. The minimum absolute atomic E-state index is 0.192. The van der Waals surface area contributed by atoms with E-state index in [9.17, 15) is 9.90 Å². The van der Waals surface area contributed by atoms with E-state index < -0.39 is 5.97 Å². The lowest BCUT2D eigenvalue weighted by molar-refractivity contribution is -0.137. The summed E-state index contributed by atoms with van der Waals surface area (Å²) >= 11 is 0. The van der Waals surface area contributed by atoms with Gasteiger partial charge in [0, 0.05) is 6.42 Å². The summed E-state index contributed by atoms with van der Waals surface area (Å²) in [5.41, 5.74) is 0. The van der Waals surface area contributed by atoms with E-state index in [2.05, 4.69) is 13.0 Å². The van der Waals surface area contributed by atoms with Crippen LogP contribution in [0.1, 0.15) is 84.5 Å². The molecule has 1 atom stereocenters. The van der Waals surface area contributed by atoms with E-state index in [1.807, 2.05) is 25.2 Å². The van der Waals surface area contributed by atoms with Gasteiger partial charge in [-0.15, -0.1) is 0 Å².